The maximum absolute atomic E-state index is 3.04. The molecule has 0 amide bonds. The zero-order valence-electron chi connectivity index (χ0n) is 24.1. The summed E-state index contributed by atoms with van der Waals surface area (Å²) >= 11 is 10.0. The molecule has 0 saturated carbocycles. The van der Waals surface area contributed by atoms with Crippen molar-refractivity contribution in [3.8, 4) is 0 Å². The fourth-order valence-corrected chi connectivity index (χ4v) is 4.98. The Balaban J connectivity index is -0.0000000900. The van der Waals surface area contributed by atoms with Gasteiger partial charge in [0.05, 0.1) is 0 Å². The number of hydrogen-bond acceptors (Lipinski definition) is 6. The Kier molecular flexibility index (Phi) is 51.9. The van der Waals surface area contributed by atoms with Crippen molar-refractivity contribution >= 4 is 68.0 Å². The van der Waals surface area contributed by atoms with Gasteiger partial charge in [-0.25, -0.2) is 48.0 Å². The van der Waals surface area contributed by atoms with Crippen LogP contribution >= 0.6 is 68.0 Å². The standard InChI is InChI=1S/6C5H5S.6V/c3*1-5-2-3-6-4-5;3*1-5-3-2-4-6-5;;;;;;/h3-4H,1H3;2,4H,1H3;2-3H,1H3;3-4H,1H3;2,4H,1H3;2-3H,1H3;;;;;;/q6*-1;;;;;;. The fraction of sp³-hybridized carbons (Fsp3) is 0.200. The van der Waals surface area contributed by atoms with Crippen molar-refractivity contribution in [2.45, 2.75) is 41.5 Å². The molecular formula is C30H30S6V6-6. The molecule has 222 valence electrons. The summed E-state index contributed by atoms with van der Waals surface area (Å²) in [6.07, 6.45) is 0. The third-order valence-electron chi connectivity index (χ3n) is 3.61. The minimum atomic E-state index is 0. The summed E-state index contributed by atoms with van der Waals surface area (Å²) in [5.41, 5.74) is 3.78. The van der Waals surface area contributed by atoms with E-state index in [2.05, 4.69) is 65.9 Å². The number of hydrogen-bond donors (Lipinski definition) is 0. The largest absolute Gasteiger partial charge is 0.304 e. The minimum Gasteiger partial charge on any atom is -0.304 e. The van der Waals surface area contributed by atoms with E-state index in [9.17, 15) is 0 Å². The average Bonchev–Trinajstić information content (AvgIpc) is 3.67. The molecule has 42 heavy (non-hydrogen) atoms. The molecule has 0 aliphatic heterocycles. The first kappa shape index (κ1) is 56.1. The van der Waals surface area contributed by atoms with Crippen LogP contribution in [0, 0.1) is 75.9 Å². The van der Waals surface area contributed by atoms with Crippen LogP contribution in [0.25, 0.3) is 0 Å². The maximum Gasteiger partial charge on any atom is 0 e. The molecule has 6 aromatic rings. The van der Waals surface area contributed by atoms with Crippen molar-refractivity contribution in [1.82, 2.24) is 0 Å². The van der Waals surface area contributed by atoms with Crippen molar-refractivity contribution in [2.24, 2.45) is 0 Å². The third kappa shape index (κ3) is 36.2. The van der Waals surface area contributed by atoms with Gasteiger partial charge >= 0.3 is 0 Å². The van der Waals surface area contributed by atoms with Gasteiger partial charge in [-0.1, -0.05) is 34.6 Å². The quantitative estimate of drug-likeness (QED) is 0.133. The average molecular weight is 889 g/mol. The molecule has 6 rings (SSSR count). The van der Waals surface area contributed by atoms with Gasteiger partial charge in [0.25, 0.3) is 0 Å². The van der Waals surface area contributed by atoms with Crippen LogP contribution in [-0.4, -0.2) is 0 Å². The Morgan fingerprint density at radius 2 is 1.31 bits per heavy atom. The molecule has 0 fully saturated rings. The first-order valence-corrected chi connectivity index (χ1v) is 16.1. The molecular weight excluding hydrogens is 858 g/mol. The van der Waals surface area contributed by atoms with Gasteiger partial charge in [0.2, 0.25) is 0 Å². The van der Waals surface area contributed by atoms with Crippen LogP contribution in [0.2, 0.25) is 0 Å². The van der Waals surface area contributed by atoms with Crippen LogP contribution in [0.3, 0.4) is 0 Å². The van der Waals surface area contributed by atoms with Crippen LogP contribution in [0.4, 0.5) is 0 Å². The second kappa shape index (κ2) is 38.9. The van der Waals surface area contributed by atoms with E-state index in [0.29, 0.717) is 0 Å². The zero-order chi connectivity index (χ0) is 26.4. The predicted octanol–water partition coefficient (Wildman–Crippen LogP) is 11.1. The van der Waals surface area contributed by atoms with Crippen molar-refractivity contribution in [1.29, 1.82) is 0 Å². The van der Waals surface area contributed by atoms with Gasteiger partial charge < -0.3 is 34.0 Å². The summed E-state index contributed by atoms with van der Waals surface area (Å²) in [5.74, 6) is 0. The van der Waals surface area contributed by atoms with Crippen molar-refractivity contribution in [3.05, 3.63) is 134 Å². The second-order valence-corrected chi connectivity index (χ2v) is 12.6. The summed E-state index contributed by atoms with van der Waals surface area (Å²) in [6, 6.07) is 20.9. The van der Waals surface area contributed by atoms with E-state index in [1.807, 2.05) is 78.7 Å². The molecule has 0 N–H and O–H groups in total. The summed E-state index contributed by atoms with van der Waals surface area (Å²) in [4.78, 5) is 3.92. The first-order valence-electron chi connectivity index (χ1n) is 10.9. The molecule has 0 aromatic carbocycles. The van der Waals surface area contributed by atoms with E-state index in [1.54, 1.807) is 68.0 Å². The summed E-state index contributed by atoms with van der Waals surface area (Å²) in [5, 5.41) is 21.1. The molecule has 0 unspecified atom stereocenters. The maximum atomic E-state index is 3.04. The van der Waals surface area contributed by atoms with E-state index < -0.39 is 0 Å². The zero-order valence-corrected chi connectivity index (χ0v) is 37.3. The van der Waals surface area contributed by atoms with Crippen molar-refractivity contribution in [3.63, 3.8) is 0 Å². The molecule has 6 radical (unpaired) electrons. The molecule has 0 saturated heterocycles. The smallest absolute Gasteiger partial charge is 0 e. The van der Waals surface area contributed by atoms with Gasteiger partial charge in [-0.2, -0.15) is 49.7 Å². The third-order valence-corrected chi connectivity index (χ3v) is 8.01. The van der Waals surface area contributed by atoms with Crippen LogP contribution in [0.15, 0.2) is 68.7 Å². The van der Waals surface area contributed by atoms with E-state index in [1.165, 1.54) is 31.3 Å². The molecule has 0 aliphatic carbocycles. The topological polar surface area (TPSA) is 0 Å². The van der Waals surface area contributed by atoms with E-state index in [0.717, 1.165) is 0 Å². The fourth-order valence-electron chi connectivity index (χ4n) is 1.83. The summed E-state index contributed by atoms with van der Waals surface area (Å²) in [6.45, 7) is 12.3. The van der Waals surface area contributed by atoms with Gasteiger partial charge in [0.15, 0.2) is 0 Å². The normalized spacial score (nSPS) is 7.57. The van der Waals surface area contributed by atoms with Crippen LogP contribution in [0.1, 0.15) is 31.3 Å². The first-order chi connectivity index (χ1) is 17.4. The van der Waals surface area contributed by atoms with E-state index in [-0.39, 0.29) is 111 Å². The summed E-state index contributed by atoms with van der Waals surface area (Å²) in [7, 11) is 0. The van der Waals surface area contributed by atoms with Crippen LogP contribution in [0.5, 0.6) is 0 Å². The van der Waals surface area contributed by atoms with Crippen molar-refractivity contribution < 1.29 is 111 Å². The molecule has 0 aliphatic rings. The number of aryl methyl sites for hydroxylation is 6. The molecule has 0 spiro atoms. The van der Waals surface area contributed by atoms with Gasteiger partial charge in [0, 0.05) is 111 Å². The second-order valence-electron chi connectivity index (χ2n) is 7.09. The predicted molar refractivity (Wildman–Crippen MR) is 167 cm³/mol. The Morgan fingerprint density at radius 1 is 0.595 bits per heavy atom. The van der Waals surface area contributed by atoms with Crippen LogP contribution in [-0.2, 0) is 111 Å². The van der Waals surface area contributed by atoms with E-state index >= 15 is 0 Å². The van der Waals surface area contributed by atoms with Crippen LogP contribution < -0.4 is 0 Å². The van der Waals surface area contributed by atoms with Gasteiger partial charge in [-0.05, 0) is 6.92 Å². The van der Waals surface area contributed by atoms with Gasteiger partial charge in [0.1, 0.15) is 0 Å². The Morgan fingerprint density at radius 3 is 1.45 bits per heavy atom. The van der Waals surface area contributed by atoms with Crippen molar-refractivity contribution in [2.75, 3.05) is 0 Å². The molecule has 0 nitrogen and oxygen atoms in total. The molecule has 6 aromatic heterocycles. The molecule has 0 bridgehead atoms. The van der Waals surface area contributed by atoms with E-state index in [4.69, 9.17) is 0 Å². The summed E-state index contributed by atoms with van der Waals surface area (Å²) < 4.78 is 0. The monoisotopic (exact) mass is 888 g/mol. The Labute approximate surface area is 350 Å². The minimum absolute atomic E-state index is 0. The van der Waals surface area contributed by atoms with Gasteiger partial charge in [-0.3, -0.25) is 34.0 Å². The number of rotatable bonds is 0. The van der Waals surface area contributed by atoms with Gasteiger partial charge in [-0.15, -0.1) is 36.7 Å². The SMILES string of the molecule is Cc1[c-]ccs1.Cc1[c-]csc1.Cc1[c-]scc1.Cc1c[c-]cs1.Cc1c[c-]sc1.Cc1cc[c-]s1.[V].[V].[V].[V].[V].[V]. The Bertz CT molecular complexity index is 920. The molecule has 0 atom stereocenters. The molecule has 6 heterocycles. The number of thiophene rings is 6. The Hall–Kier alpha value is 1.71. The molecule has 12 heteroatoms.